The van der Waals surface area contributed by atoms with Crippen LogP contribution in [-0.4, -0.2) is 51.4 Å². The van der Waals surface area contributed by atoms with Crippen LogP contribution in [0, 0.1) is 0 Å². The molecule has 8 heteroatoms. The highest BCUT2D eigenvalue weighted by atomic mass is 16.5. The Kier molecular flexibility index (Phi) is 3.48. The van der Waals surface area contributed by atoms with Crippen molar-refractivity contribution in [1.29, 1.82) is 0 Å². The SMILES string of the molecule is CC1(OCC(=O)O)CN(Cc2nc(-c3ccco3)no2)C1. The number of aliphatic carboxylic acids is 1. The van der Waals surface area contributed by atoms with E-state index in [2.05, 4.69) is 10.1 Å². The zero-order valence-corrected chi connectivity index (χ0v) is 11.5. The second-order valence-corrected chi connectivity index (χ2v) is 5.27. The molecule has 112 valence electrons. The van der Waals surface area contributed by atoms with Crippen LogP contribution in [0.4, 0.5) is 0 Å². The van der Waals surface area contributed by atoms with Gasteiger partial charge >= 0.3 is 5.97 Å². The molecule has 1 aliphatic rings. The molecule has 1 saturated heterocycles. The molecule has 0 aliphatic carbocycles. The Morgan fingerprint density at radius 2 is 2.38 bits per heavy atom. The van der Waals surface area contributed by atoms with E-state index in [1.54, 1.807) is 18.4 Å². The fourth-order valence-corrected chi connectivity index (χ4v) is 2.36. The summed E-state index contributed by atoms with van der Waals surface area (Å²) in [5.74, 6) is 0.500. The Bertz CT molecular complexity index is 616. The maximum atomic E-state index is 10.5. The van der Waals surface area contributed by atoms with E-state index in [1.165, 1.54) is 0 Å². The van der Waals surface area contributed by atoms with E-state index >= 15 is 0 Å². The Morgan fingerprint density at radius 3 is 3.05 bits per heavy atom. The molecule has 1 aliphatic heterocycles. The molecule has 3 rings (SSSR count). The van der Waals surface area contributed by atoms with Crippen molar-refractivity contribution in [1.82, 2.24) is 15.0 Å². The van der Waals surface area contributed by atoms with Crippen molar-refractivity contribution in [2.45, 2.75) is 19.1 Å². The first-order valence-electron chi connectivity index (χ1n) is 6.49. The number of ether oxygens (including phenoxy) is 1. The van der Waals surface area contributed by atoms with Crippen LogP contribution in [0.15, 0.2) is 27.3 Å². The van der Waals surface area contributed by atoms with Crippen molar-refractivity contribution in [2.75, 3.05) is 19.7 Å². The Balaban J connectivity index is 1.52. The number of rotatable bonds is 6. The molecule has 0 spiro atoms. The summed E-state index contributed by atoms with van der Waals surface area (Å²) in [5, 5.41) is 12.5. The van der Waals surface area contributed by atoms with Crippen molar-refractivity contribution >= 4 is 5.97 Å². The molecular formula is C13H15N3O5. The average molecular weight is 293 g/mol. The van der Waals surface area contributed by atoms with E-state index in [-0.39, 0.29) is 6.61 Å². The smallest absolute Gasteiger partial charge is 0.329 e. The fraction of sp³-hybridized carbons (Fsp3) is 0.462. The molecule has 21 heavy (non-hydrogen) atoms. The summed E-state index contributed by atoms with van der Waals surface area (Å²) in [6, 6.07) is 3.51. The Labute approximate surface area is 120 Å². The highest BCUT2D eigenvalue weighted by molar-refractivity contribution is 5.68. The van der Waals surface area contributed by atoms with Crippen LogP contribution in [0.5, 0.6) is 0 Å². The van der Waals surface area contributed by atoms with E-state index < -0.39 is 11.6 Å². The van der Waals surface area contributed by atoms with Gasteiger partial charge in [0.25, 0.3) is 0 Å². The maximum absolute atomic E-state index is 10.5. The summed E-state index contributed by atoms with van der Waals surface area (Å²) in [5.41, 5.74) is -0.428. The third kappa shape index (κ3) is 3.11. The first kappa shape index (κ1) is 13.8. The number of carbonyl (C=O) groups is 1. The summed E-state index contributed by atoms with van der Waals surface area (Å²) in [6.45, 7) is 3.35. The predicted molar refractivity (Wildman–Crippen MR) is 69.3 cm³/mol. The van der Waals surface area contributed by atoms with E-state index in [0.29, 0.717) is 37.1 Å². The van der Waals surface area contributed by atoms with Gasteiger partial charge in [-0.1, -0.05) is 5.16 Å². The van der Waals surface area contributed by atoms with Gasteiger partial charge in [0.05, 0.1) is 18.4 Å². The molecule has 1 fully saturated rings. The molecule has 0 radical (unpaired) electrons. The minimum Gasteiger partial charge on any atom is -0.480 e. The Morgan fingerprint density at radius 1 is 1.57 bits per heavy atom. The second kappa shape index (κ2) is 5.30. The summed E-state index contributed by atoms with van der Waals surface area (Å²) in [4.78, 5) is 16.8. The van der Waals surface area contributed by atoms with E-state index in [4.69, 9.17) is 18.8 Å². The van der Waals surface area contributed by atoms with E-state index in [9.17, 15) is 4.79 Å². The van der Waals surface area contributed by atoms with Crippen LogP contribution in [0.2, 0.25) is 0 Å². The molecule has 0 amide bonds. The van der Waals surface area contributed by atoms with Crippen molar-refractivity contribution in [3.8, 4) is 11.6 Å². The van der Waals surface area contributed by atoms with Gasteiger partial charge in [0, 0.05) is 13.1 Å². The van der Waals surface area contributed by atoms with Crippen molar-refractivity contribution in [3.63, 3.8) is 0 Å². The van der Waals surface area contributed by atoms with Gasteiger partial charge in [0.1, 0.15) is 6.61 Å². The van der Waals surface area contributed by atoms with E-state index in [0.717, 1.165) is 0 Å². The largest absolute Gasteiger partial charge is 0.480 e. The molecule has 0 unspecified atom stereocenters. The minimum atomic E-state index is -0.963. The van der Waals surface area contributed by atoms with Crippen LogP contribution in [0.3, 0.4) is 0 Å². The Hall–Kier alpha value is -2.19. The number of hydrogen-bond donors (Lipinski definition) is 1. The van der Waals surface area contributed by atoms with Crippen LogP contribution >= 0.6 is 0 Å². The van der Waals surface area contributed by atoms with Gasteiger partial charge in [-0.05, 0) is 19.1 Å². The molecule has 3 heterocycles. The van der Waals surface area contributed by atoms with Gasteiger partial charge in [0.15, 0.2) is 5.76 Å². The quantitative estimate of drug-likeness (QED) is 0.841. The molecule has 2 aromatic rings. The number of carboxylic acid groups (broad SMARTS) is 1. The van der Waals surface area contributed by atoms with Gasteiger partial charge in [-0.15, -0.1) is 0 Å². The van der Waals surface area contributed by atoms with Gasteiger partial charge in [-0.3, -0.25) is 4.90 Å². The third-order valence-electron chi connectivity index (χ3n) is 3.23. The molecule has 1 N–H and O–H groups in total. The van der Waals surface area contributed by atoms with Crippen LogP contribution in [-0.2, 0) is 16.1 Å². The molecule has 2 aromatic heterocycles. The molecule has 0 atom stereocenters. The lowest BCUT2D eigenvalue weighted by molar-refractivity contribution is -0.166. The minimum absolute atomic E-state index is 0.284. The molecular weight excluding hydrogens is 278 g/mol. The molecule has 8 nitrogen and oxygen atoms in total. The third-order valence-corrected chi connectivity index (χ3v) is 3.23. The van der Waals surface area contributed by atoms with Crippen molar-refractivity contribution < 1.29 is 23.6 Å². The number of aromatic nitrogens is 2. The summed E-state index contributed by atoms with van der Waals surface area (Å²) in [6.07, 6.45) is 1.55. The number of likely N-dealkylation sites (tertiary alicyclic amines) is 1. The van der Waals surface area contributed by atoms with Gasteiger partial charge in [-0.2, -0.15) is 4.98 Å². The van der Waals surface area contributed by atoms with Crippen LogP contribution < -0.4 is 0 Å². The number of hydrogen-bond acceptors (Lipinski definition) is 7. The first-order chi connectivity index (χ1) is 10.0. The van der Waals surface area contributed by atoms with Gasteiger partial charge in [-0.25, -0.2) is 4.79 Å². The summed E-state index contributed by atoms with van der Waals surface area (Å²) in [7, 11) is 0. The van der Waals surface area contributed by atoms with Crippen molar-refractivity contribution in [2.24, 2.45) is 0 Å². The second-order valence-electron chi connectivity index (χ2n) is 5.27. The number of furan rings is 1. The normalized spacial score (nSPS) is 17.6. The summed E-state index contributed by atoms with van der Waals surface area (Å²) < 4.78 is 15.7. The van der Waals surface area contributed by atoms with Crippen molar-refractivity contribution in [3.05, 3.63) is 24.3 Å². The monoisotopic (exact) mass is 293 g/mol. The standard InChI is InChI=1S/C13H15N3O5/c1-13(20-6-11(17)18)7-16(8-13)5-10-14-12(15-21-10)9-3-2-4-19-9/h2-4H,5-8H2,1H3,(H,17,18). The zero-order chi connectivity index (χ0) is 14.9. The number of carboxylic acids is 1. The molecule has 0 saturated carbocycles. The first-order valence-corrected chi connectivity index (χ1v) is 6.49. The lowest BCUT2D eigenvalue weighted by atomic mass is 9.96. The topological polar surface area (TPSA) is 102 Å². The highest BCUT2D eigenvalue weighted by Crippen LogP contribution is 2.26. The molecule has 0 bridgehead atoms. The van der Waals surface area contributed by atoms with Gasteiger partial charge in [0.2, 0.25) is 11.7 Å². The average Bonchev–Trinajstić information content (AvgIpc) is 3.04. The van der Waals surface area contributed by atoms with Crippen LogP contribution in [0.25, 0.3) is 11.6 Å². The maximum Gasteiger partial charge on any atom is 0.329 e. The number of nitrogens with zero attached hydrogens (tertiary/aromatic N) is 3. The molecule has 0 aromatic carbocycles. The lowest BCUT2D eigenvalue weighted by Crippen LogP contribution is -2.61. The van der Waals surface area contributed by atoms with E-state index in [1.807, 2.05) is 11.8 Å². The fourth-order valence-electron chi connectivity index (χ4n) is 2.36. The zero-order valence-electron chi connectivity index (χ0n) is 11.5. The van der Waals surface area contributed by atoms with Crippen LogP contribution in [0.1, 0.15) is 12.8 Å². The summed E-state index contributed by atoms with van der Waals surface area (Å²) >= 11 is 0. The predicted octanol–water partition coefficient (Wildman–Crippen LogP) is 1.01. The van der Waals surface area contributed by atoms with Gasteiger partial charge < -0.3 is 18.8 Å². The highest BCUT2D eigenvalue weighted by Gasteiger charge is 2.40. The lowest BCUT2D eigenvalue weighted by Gasteiger charge is -2.46.